The van der Waals surface area contributed by atoms with E-state index in [2.05, 4.69) is 11.8 Å². The summed E-state index contributed by atoms with van der Waals surface area (Å²) in [4.78, 5) is 13.2. The average Bonchev–Trinajstić information content (AvgIpc) is 2.99. The Morgan fingerprint density at radius 2 is 2.19 bits per heavy atom. The van der Waals surface area contributed by atoms with Gasteiger partial charge >= 0.3 is 5.97 Å². The molecule has 1 aliphatic carbocycles. The van der Waals surface area contributed by atoms with Crippen LogP contribution >= 0.6 is 0 Å². The Hall–Kier alpha value is -0.610. The number of nitrogens with two attached hydrogens (primary N) is 1. The van der Waals surface area contributed by atoms with Crippen molar-refractivity contribution in [1.82, 2.24) is 4.90 Å². The van der Waals surface area contributed by atoms with Crippen molar-refractivity contribution < 1.29 is 9.90 Å². The highest BCUT2D eigenvalue weighted by Crippen LogP contribution is 2.29. The van der Waals surface area contributed by atoms with E-state index >= 15 is 0 Å². The maximum atomic E-state index is 10.8. The molecule has 16 heavy (non-hydrogen) atoms. The minimum atomic E-state index is -1.07. The highest BCUT2D eigenvalue weighted by atomic mass is 16.4. The molecule has 0 aromatic carbocycles. The molecule has 4 nitrogen and oxygen atoms in total. The van der Waals surface area contributed by atoms with Crippen LogP contribution in [0, 0.1) is 5.92 Å². The van der Waals surface area contributed by atoms with Gasteiger partial charge in [-0.3, -0.25) is 4.79 Å². The minimum Gasteiger partial charge on any atom is -0.480 e. The smallest absolute Gasteiger partial charge is 0.323 e. The van der Waals surface area contributed by atoms with E-state index in [1.165, 1.54) is 19.4 Å². The Morgan fingerprint density at radius 3 is 2.62 bits per heavy atom. The van der Waals surface area contributed by atoms with Crippen molar-refractivity contribution in [2.45, 2.75) is 45.1 Å². The van der Waals surface area contributed by atoms with Crippen molar-refractivity contribution >= 4 is 5.97 Å². The first-order valence-electron chi connectivity index (χ1n) is 6.20. The molecule has 0 radical (unpaired) electrons. The predicted octanol–water partition coefficient (Wildman–Crippen LogP) is 1.30. The number of carbonyl (C=O) groups is 1. The summed E-state index contributed by atoms with van der Waals surface area (Å²) in [5.41, 5.74) is 4.61. The standard InChI is InChI=1S/C12H24N2O2/c1-3-14(9-10-5-6-10)8-4-7-12(2,13)11(15)16/h10H,3-9,13H2,1-2H3,(H,15,16). The number of aliphatic carboxylic acids is 1. The Labute approximate surface area is 97.8 Å². The molecular formula is C12H24N2O2. The number of hydrogen-bond donors (Lipinski definition) is 2. The quantitative estimate of drug-likeness (QED) is 0.657. The van der Waals surface area contributed by atoms with Gasteiger partial charge in [0.1, 0.15) is 5.54 Å². The number of nitrogens with zero attached hydrogens (tertiary/aromatic N) is 1. The molecule has 0 aliphatic heterocycles. The van der Waals surface area contributed by atoms with E-state index in [1.54, 1.807) is 6.92 Å². The van der Waals surface area contributed by atoms with Gasteiger partial charge in [-0.15, -0.1) is 0 Å². The van der Waals surface area contributed by atoms with Gasteiger partial charge in [0.05, 0.1) is 0 Å². The van der Waals surface area contributed by atoms with Crippen LogP contribution in [0.2, 0.25) is 0 Å². The fourth-order valence-corrected chi connectivity index (χ4v) is 1.82. The Kier molecular flexibility index (Phi) is 4.74. The Morgan fingerprint density at radius 1 is 1.56 bits per heavy atom. The highest BCUT2D eigenvalue weighted by molar-refractivity contribution is 5.77. The molecule has 0 amide bonds. The zero-order valence-electron chi connectivity index (χ0n) is 10.4. The van der Waals surface area contributed by atoms with Gasteiger partial charge in [-0.05, 0) is 51.6 Å². The van der Waals surface area contributed by atoms with Gasteiger partial charge in [0.2, 0.25) is 0 Å². The summed E-state index contributed by atoms with van der Waals surface area (Å²) >= 11 is 0. The van der Waals surface area contributed by atoms with Crippen LogP contribution in [0.15, 0.2) is 0 Å². The molecule has 1 fully saturated rings. The third kappa shape index (κ3) is 4.49. The maximum absolute atomic E-state index is 10.8. The zero-order valence-corrected chi connectivity index (χ0v) is 10.4. The summed E-state index contributed by atoms with van der Waals surface area (Å²) in [6.07, 6.45) is 4.13. The van der Waals surface area contributed by atoms with Crippen LogP contribution in [-0.2, 0) is 4.79 Å². The highest BCUT2D eigenvalue weighted by Gasteiger charge is 2.28. The van der Waals surface area contributed by atoms with Gasteiger partial charge in [0.25, 0.3) is 0 Å². The van der Waals surface area contributed by atoms with Crippen molar-refractivity contribution in [3.05, 3.63) is 0 Å². The maximum Gasteiger partial charge on any atom is 0.323 e. The molecular weight excluding hydrogens is 204 g/mol. The first-order chi connectivity index (χ1) is 7.45. The van der Waals surface area contributed by atoms with E-state index in [4.69, 9.17) is 10.8 Å². The predicted molar refractivity (Wildman–Crippen MR) is 64.3 cm³/mol. The molecule has 1 rings (SSSR count). The van der Waals surface area contributed by atoms with Crippen LogP contribution in [0.3, 0.4) is 0 Å². The second-order valence-electron chi connectivity index (χ2n) is 5.16. The molecule has 0 bridgehead atoms. The topological polar surface area (TPSA) is 66.6 Å². The van der Waals surface area contributed by atoms with Crippen LogP contribution in [0.4, 0.5) is 0 Å². The van der Waals surface area contributed by atoms with Crippen LogP contribution in [0.1, 0.15) is 39.5 Å². The minimum absolute atomic E-state index is 0.545. The molecule has 1 aliphatic rings. The van der Waals surface area contributed by atoms with Gasteiger partial charge in [-0.25, -0.2) is 0 Å². The molecule has 94 valence electrons. The monoisotopic (exact) mass is 228 g/mol. The first-order valence-corrected chi connectivity index (χ1v) is 6.20. The van der Waals surface area contributed by atoms with Gasteiger partial charge in [0.15, 0.2) is 0 Å². The SMILES string of the molecule is CCN(CCCC(C)(N)C(=O)O)CC1CC1. The van der Waals surface area contributed by atoms with Gasteiger partial charge in [-0.1, -0.05) is 6.92 Å². The number of rotatable bonds is 8. The zero-order chi connectivity index (χ0) is 12.2. The van der Waals surface area contributed by atoms with E-state index in [1.807, 2.05) is 0 Å². The molecule has 1 atom stereocenters. The molecule has 3 N–H and O–H groups in total. The molecule has 1 unspecified atom stereocenters. The number of hydrogen-bond acceptors (Lipinski definition) is 3. The molecule has 0 heterocycles. The summed E-state index contributed by atoms with van der Waals surface area (Å²) in [6, 6.07) is 0. The van der Waals surface area contributed by atoms with Gasteiger partial charge < -0.3 is 15.7 Å². The Balaban J connectivity index is 2.19. The fourth-order valence-electron chi connectivity index (χ4n) is 1.82. The van der Waals surface area contributed by atoms with Crippen LogP contribution in [0.5, 0.6) is 0 Å². The van der Waals surface area contributed by atoms with Crippen molar-refractivity contribution in [2.75, 3.05) is 19.6 Å². The van der Waals surface area contributed by atoms with E-state index in [-0.39, 0.29) is 0 Å². The van der Waals surface area contributed by atoms with Crippen molar-refractivity contribution in [3.8, 4) is 0 Å². The lowest BCUT2D eigenvalue weighted by Crippen LogP contribution is -2.45. The molecule has 0 saturated heterocycles. The van der Waals surface area contributed by atoms with E-state index in [9.17, 15) is 4.79 Å². The van der Waals surface area contributed by atoms with Gasteiger partial charge in [-0.2, -0.15) is 0 Å². The first kappa shape index (κ1) is 13.5. The second kappa shape index (κ2) is 5.64. The Bertz CT molecular complexity index is 237. The van der Waals surface area contributed by atoms with Crippen LogP contribution < -0.4 is 5.73 Å². The fraction of sp³-hybridized carbons (Fsp3) is 0.917. The summed E-state index contributed by atoms with van der Waals surface area (Å²) in [5, 5.41) is 8.88. The second-order valence-corrected chi connectivity index (χ2v) is 5.16. The number of carboxylic acid groups (broad SMARTS) is 1. The van der Waals surface area contributed by atoms with Crippen LogP contribution in [-0.4, -0.2) is 41.1 Å². The molecule has 0 aromatic heterocycles. The number of carboxylic acids is 1. The van der Waals surface area contributed by atoms with E-state index < -0.39 is 11.5 Å². The lowest BCUT2D eigenvalue weighted by Gasteiger charge is -2.23. The van der Waals surface area contributed by atoms with Crippen molar-refractivity contribution in [3.63, 3.8) is 0 Å². The average molecular weight is 228 g/mol. The summed E-state index contributed by atoms with van der Waals surface area (Å²) in [5.74, 6) is -0.0126. The molecule has 0 aromatic rings. The molecule has 4 heteroatoms. The third-order valence-corrected chi connectivity index (χ3v) is 3.32. The molecule has 0 spiro atoms. The van der Waals surface area contributed by atoms with E-state index in [0.717, 1.165) is 25.4 Å². The summed E-state index contributed by atoms with van der Waals surface area (Å²) in [6.45, 7) is 6.93. The van der Waals surface area contributed by atoms with Crippen LogP contribution in [0.25, 0.3) is 0 Å². The summed E-state index contributed by atoms with van der Waals surface area (Å²) < 4.78 is 0. The molecule has 1 saturated carbocycles. The normalized spacial score (nSPS) is 19.8. The van der Waals surface area contributed by atoms with Crippen molar-refractivity contribution in [2.24, 2.45) is 11.7 Å². The third-order valence-electron chi connectivity index (χ3n) is 3.32. The van der Waals surface area contributed by atoms with E-state index in [0.29, 0.717) is 6.42 Å². The lowest BCUT2D eigenvalue weighted by molar-refractivity contribution is -0.142. The van der Waals surface area contributed by atoms with Crippen molar-refractivity contribution in [1.29, 1.82) is 0 Å². The van der Waals surface area contributed by atoms with Gasteiger partial charge in [0, 0.05) is 6.54 Å². The lowest BCUT2D eigenvalue weighted by atomic mass is 9.97. The largest absolute Gasteiger partial charge is 0.480 e. The summed E-state index contributed by atoms with van der Waals surface area (Å²) in [7, 11) is 0.